The number of rotatable bonds is 2. The van der Waals surface area contributed by atoms with E-state index in [4.69, 9.17) is 23.2 Å². The highest BCUT2D eigenvalue weighted by atomic mass is 35.5. The summed E-state index contributed by atoms with van der Waals surface area (Å²) in [6.07, 6.45) is 4.47. The standard InChI is InChI=1S/C16H18Cl2N2O/c1-9-2-4-11(5-3-9)19-16(21)15-8-12-13(18)6-10(17)7-14(12)20-15/h6-9,11,20H,2-5H2,1H3,(H,19,21)/t9-,11-. The van der Waals surface area contributed by atoms with Gasteiger partial charge < -0.3 is 10.3 Å². The van der Waals surface area contributed by atoms with E-state index in [1.807, 2.05) is 0 Å². The summed E-state index contributed by atoms with van der Waals surface area (Å²) in [7, 11) is 0. The van der Waals surface area contributed by atoms with Crippen molar-refractivity contribution in [2.45, 2.75) is 38.6 Å². The van der Waals surface area contributed by atoms with Crippen molar-refractivity contribution in [3.63, 3.8) is 0 Å². The molecule has 1 saturated carbocycles. The first-order valence-corrected chi connectivity index (χ1v) is 8.07. The minimum atomic E-state index is -0.0713. The summed E-state index contributed by atoms with van der Waals surface area (Å²) in [5, 5.41) is 5.04. The number of halogens is 2. The number of aromatic nitrogens is 1. The first-order valence-electron chi connectivity index (χ1n) is 7.31. The Kier molecular flexibility index (Phi) is 4.14. The number of benzene rings is 1. The van der Waals surface area contributed by atoms with Crippen molar-refractivity contribution in [2.24, 2.45) is 5.92 Å². The first-order chi connectivity index (χ1) is 10.0. The van der Waals surface area contributed by atoms with E-state index in [1.54, 1.807) is 18.2 Å². The van der Waals surface area contributed by atoms with Gasteiger partial charge in [-0.05, 0) is 49.8 Å². The summed E-state index contributed by atoms with van der Waals surface area (Å²) in [5.41, 5.74) is 1.32. The average molecular weight is 325 g/mol. The molecule has 1 aromatic heterocycles. The predicted molar refractivity (Wildman–Crippen MR) is 87.2 cm³/mol. The highest BCUT2D eigenvalue weighted by Gasteiger charge is 2.21. The molecule has 5 heteroatoms. The molecule has 1 amide bonds. The molecule has 2 aromatic rings. The fourth-order valence-electron chi connectivity index (χ4n) is 2.95. The highest BCUT2D eigenvalue weighted by Crippen LogP contribution is 2.29. The molecule has 3 nitrogen and oxygen atoms in total. The Morgan fingerprint density at radius 2 is 1.90 bits per heavy atom. The van der Waals surface area contributed by atoms with Crippen molar-refractivity contribution in [1.82, 2.24) is 10.3 Å². The van der Waals surface area contributed by atoms with Gasteiger partial charge in [0.1, 0.15) is 5.69 Å². The molecule has 21 heavy (non-hydrogen) atoms. The number of carbonyl (C=O) groups excluding carboxylic acids is 1. The van der Waals surface area contributed by atoms with Gasteiger partial charge in [0.05, 0.1) is 5.02 Å². The topological polar surface area (TPSA) is 44.9 Å². The van der Waals surface area contributed by atoms with Crippen molar-refractivity contribution in [3.8, 4) is 0 Å². The number of carbonyl (C=O) groups is 1. The maximum absolute atomic E-state index is 12.3. The molecule has 0 spiro atoms. The number of H-pyrrole nitrogens is 1. The summed E-state index contributed by atoms with van der Waals surface area (Å²) in [5.74, 6) is 0.699. The van der Waals surface area contributed by atoms with Crippen LogP contribution in [0.15, 0.2) is 18.2 Å². The van der Waals surface area contributed by atoms with Gasteiger partial charge in [0.15, 0.2) is 0 Å². The normalized spacial score (nSPS) is 22.4. The monoisotopic (exact) mass is 324 g/mol. The molecule has 0 saturated heterocycles. The first kappa shape index (κ1) is 14.7. The van der Waals surface area contributed by atoms with Crippen LogP contribution in [-0.4, -0.2) is 16.9 Å². The number of hydrogen-bond acceptors (Lipinski definition) is 1. The van der Waals surface area contributed by atoms with Gasteiger partial charge in [-0.3, -0.25) is 4.79 Å². The fourth-order valence-corrected chi connectivity index (χ4v) is 3.50. The Balaban J connectivity index is 1.77. The second-order valence-corrected chi connectivity index (χ2v) is 6.81. The molecule has 2 N–H and O–H groups in total. The van der Waals surface area contributed by atoms with Gasteiger partial charge in [-0.25, -0.2) is 0 Å². The third-order valence-electron chi connectivity index (χ3n) is 4.25. The minimum absolute atomic E-state index is 0.0713. The molecular weight excluding hydrogens is 307 g/mol. The van der Waals surface area contributed by atoms with Crippen LogP contribution in [0.4, 0.5) is 0 Å². The lowest BCUT2D eigenvalue weighted by atomic mass is 9.87. The molecule has 0 radical (unpaired) electrons. The molecule has 0 bridgehead atoms. The van der Waals surface area contributed by atoms with E-state index in [-0.39, 0.29) is 11.9 Å². The van der Waals surface area contributed by atoms with Crippen LogP contribution >= 0.6 is 23.2 Å². The molecule has 1 aliphatic rings. The average Bonchev–Trinajstić information content (AvgIpc) is 2.85. The summed E-state index contributed by atoms with van der Waals surface area (Å²) in [6.45, 7) is 2.27. The van der Waals surface area contributed by atoms with Crippen LogP contribution in [0.3, 0.4) is 0 Å². The zero-order valence-electron chi connectivity index (χ0n) is 11.9. The number of fused-ring (bicyclic) bond motifs is 1. The van der Waals surface area contributed by atoms with Crippen LogP contribution in [0, 0.1) is 5.92 Å². The van der Waals surface area contributed by atoms with E-state index in [1.165, 1.54) is 12.8 Å². The molecule has 1 aliphatic carbocycles. The Bertz CT molecular complexity index is 672. The lowest BCUT2D eigenvalue weighted by Crippen LogP contribution is -2.37. The van der Waals surface area contributed by atoms with Crippen molar-refractivity contribution < 1.29 is 4.79 Å². The lowest BCUT2D eigenvalue weighted by Gasteiger charge is -2.26. The number of nitrogens with one attached hydrogen (secondary N) is 2. The van der Waals surface area contributed by atoms with E-state index >= 15 is 0 Å². The van der Waals surface area contributed by atoms with Crippen LogP contribution in [-0.2, 0) is 0 Å². The molecule has 112 valence electrons. The van der Waals surface area contributed by atoms with Gasteiger partial charge in [0.25, 0.3) is 5.91 Å². The summed E-state index contributed by atoms with van der Waals surface area (Å²) in [4.78, 5) is 15.4. The maximum atomic E-state index is 12.3. The third kappa shape index (κ3) is 3.19. The van der Waals surface area contributed by atoms with E-state index in [0.29, 0.717) is 15.7 Å². The van der Waals surface area contributed by atoms with Crippen LogP contribution in [0.25, 0.3) is 10.9 Å². The second-order valence-electron chi connectivity index (χ2n) is 5.96. The van der Waals surface area contributed by atoms with Crippen LogP contribution < -0.4 is 5.32 Å². The van der Waals surface area contributed by atoms with Crippen molar-refractivity contribution in [2.75, 3.05) is 0 Å². The second kappa shape index (κ2) is 5.90. The van der Waals surface area contributed by atoms with Gasteiger partial charge in [-0.15, -0.1) is 0 Å². The largest absolute Gasteiger partial charge is 0.350 e. The van der Waals surface area contributed by atoms with E-state index in [2.05, 4.69) is 17.2 Å². The molecule has 0 aliphatic heterocycles. The van der Waals surface area contributed by atoms with Gasteiger partial charge in [0, 0.05) is 22.0 Å². The van der Waals surface area contributed by atoms with Gasteiger partial charge >= 0.3 is 0 Å². The smallest absolute Gasteiger partial charge is 0.267 e. The highest BCUT2D eigenvalue weighted by molar-refractivity contribution is 6.38. The summed E-state index contributed by atoms with van der Waals surface area (Å²) in [6, 6.07) is 5.53. The quantitative estimate of drug-likeness (QED) is 0.820. The van der Waals surface area contributed by atoms with Crippen LogP contribution in [0.2, 0.25) is 10.0 Å². The Hall–Kier alpha value is -1.19. The van der Waals surface area contributed by atoms with Crippen LogP contribution in [0.5, 0.6) is 0 Å². The molecule has 1 fully saturated rings. The Morgan fingerprint density at radius 1 is 1.19 bits per heavy atom. The van der Waals surface area contributed by atoms with Gasteiger partial charge in [-0.2, -0.15) is 0 Å². The van der Waals surface area contributed by atoms with E-state index in [9.17, 15) is 4.79 Å². The summed E-state index contributed by atoms with van der Waals surface area (Å²) < 4.78 is 0. The SMILES string of the molecule is C[C@H]1CC[C@H](NC(=O)c2cc3c(Cl)cc(Cl)cc3[nH]2)CC1. The van der Waals surface area contributed by atoms with Gasteiger partial charge in [0.2, 0.25) is 0 Å². The van der Waals surface area contributed by atoms with Crippen molar-refractivity contribution in [1.29, 1.82) is 0 Å². The number of amides is 1. The van der Waals surface area contributed by atoms with Crippen LogP contribution in [0.1, 0.15) is 43.1 Å². The Morgan fingerprint density at radius 3 is 2.62 bits per heavy atom. The van der Waals surface area contributed by atoms with Crippen molar-refractivity contribution in [3.05, 3.63) is 33.9 Å². The third-order valence-corrected chi connectivity index (χ3v) is 4.78. The zero-order chi connectivity index (χ0) is 15.0. The lowest BCUT2D eigenvalue weighted by molar-refractivity contribution is 0.0919. The molecular formula is C16H18Cl2N2O. The maximum Gasteiger partial charge on any atom is 0.267 e. The van der Waals surface area contributed by atoms with Gasteiger partial charge in [-0.1, -0.05) is 30.1 Å². The van der Waals surface area contributed by atoms with E-state index in [0.717, 1.165) is 29.7 Å². The number of aromatic amines is 1. The fraction of sp³-hybridized carbons (Fsp3) is 0.438. The molecule has 1 aromatic carbocycles. The van der Waals surface area contributed by atoms with E-state index < -0.39 is 0 Å². The Labute approximate surface area is 134 Å². The minimum Gasteiger partial charge on any atom is -0.350 e. The molecule has 3 rings (SSSR count). The zero-order valence-corrected chi connectivity index (χ0v) is 13.4. The molecule has 1 heterocycles. The molecule has 0 unspecified atom stereocenters. The van der Waals surface area contributed by atoms with Crippen molar-refractivity contribution >= 4 is 40.0 Å². The predicted octanol–water partition coefficient (Wildman–Crippen LogP) is 4.78. The summed E-state index contributed by atoms with van der Waals surface area (Å²) >= 11 is 12.1. The number of hydrogen-bond donors (Lipinski definition) is 2. The molecule has 0 atom stereocenters.